The van der Waals surface area contributed by atoms with Crippen LogP contribution in [-0.4, -0.2) is 12.6 Å². The van der Waals surface area contributed by atoms with Crippen LogP contribution in [0.3, 0.4) is 0 Å². The first-order valence-corrected chi connectivity index (χ1v) is 6.29. The largest absolute Gasteiger partial charge is 0.465 e. The van der Waals surface area contributed by atoms with Gasteiger partial charge in [-0.15, -0.1) is 11.3 Å². The lowest BCUT2D eigenvalue weighted by molar-refractivity contribution is -0.141. The van der Waals surface area contributed by atoms with Gasteiger partial charge < -0.3 is 4.74 Å². The van der Waals surface area contributed by atoms with Crippen LogP contribution in [0.1, 0.15) is 18.9 Å². The van der Waals surface area contributed by atoms with Gasteiger partial charge in [0.1, 0.15) is 6.42 Å². The number of carbonyl (C=O) groups is 1. The van der Waals surface area contributed by atoms with Crippen molar-refractivity contribution >= 4 is 27.4 Å². The summed E-state index contributed by atoms with van der Waals surface area (Å²) in [5.41, 5.74) is 0.934. The molecule has 2 rings (SSSR count). The Morgan fingerprint density at radius 3 is 3.12 bits per heavy atom. The molecule has 2 aromatic rings. The van der Waals surface area contributed by atoms with Gasteiger partial charge in [-0.25, -0.2) is 0 Å². The standard InChI is InChI=1S/C14H12O2S/c1-2-16-14(15)5-3-4-11-6-7-12-8-9-17-13(12)10-11/h6-10H,2,5H2,1H3. The summed E-state index contributed by atoms with van der Waals surface area (Å²) in [5.74, 6) is 5.53. The van der Waals surface area contributed by atoms with Crippen molar-refractivity contribution in [3.63, 3.8) is 0 Å². The second kappa shape index (κ2) is 5.51. The Bertz CT molecular complexity index is 587. The van der Waals surface area contributed by atoms with Gasteiger partial charge in [0.15, 0.2) is 0 Å². The SMILES string of the molecule is CCOC(=O)CC#Cc1ccc2ccsc2c1. The summed E-state index contributed by atoms with van der Waals surface area (Å²) < 4.78 is 6.01. The van der Waals surface area contributed by atoms with Crippen LogP contribution in [0.4, 0.5) is 0 Å². The van der Waals surface area contributed by atoms with E-state index in [2.05, 4.69) is 23.3 Å². The van der Waals surface area contributed by atoms with Crippen molar-refractivity contribution in [2.75, 3.05) is 6.61 Å². The van der Waals surface area contributed by atoms with E-state index in [1.807, 2.05) is 18.2 Å². The molecule has 0 atom stereocenters. The highest BCUT2D eigenvalue weighted by molar-refractivity contribution is 7.17. The Kier molecular flexibility index (Phi) is 3.79. The summed E-state index contributed by atoms with van der Waals surface area (Å²) in [7, 11) is 0. The third kappa shape index (κ3) is 3.08. The highest BCUT2D eigenvalue weighted by atomic mass is 32.1. The number of carbonyl (C=O) groups excluding carboxylic acids is 1. The van der Waals surface area contributed by atoms with E-state index in [9.17, 15) is 4.79 Å². The van der Waals surface area contributed by atoms with Crippen molar-refractivity contribution in [2.24, 2.45) is 0 Å². The Hall–Kier alpha value is -1.79. The highest BCUT2D eigenvalue weighted by Gasteiger charge is 1.97. The highest BCUT2D eigenvalue weighted by Crippen LogP contribution is 2.21. The molecule has 1 aromatic heterocycles. The molecular formula is C14H12O2S. The number of benzene rings is 1. The molecule has 0 aliphatic heterocycles. The average Bonchev–Trinajstić information content (AvgIpc) is 2.76. The minimum absolute atomic E-state index is 0.149. The summed E-state index contributed by atoms with van der Waals surface area (Å²) in [6, 6.07) is 8.13. The first-order chi connectivity index (χ1) is 8.29. The van der Waals surface area contributed by atoms with Crippen LogP contribution in [0.2, 0.25) is 0 Å². The van der Waals surface area contributed by atoms with Crippen LogP contribution in [0.25, 0.3) is 10.1 Å². The van der Waals surface area contributed by atoms with Gasteiger partial charge in [0.05, 0.1) is 6.61 Å². The number of hydrogen-bond donors (Lipinski definition) is 0. The van der Waals surface area contributed by atoms with E-state index in [4.69, 9.17) is 4.74 Å². The van der Waals surface area contributed by atoms with Gasteiger partial charge >= 0.3 is 5.97 Å². The Labute approximate surface area is 104 Å². The maximum Gasteiger partial charge on any atom is 0.317 e. The van der Waals surface area contributed by atoms with Crippen LogP contribution < -0.4 is 0 Å². The summed E-state index contributed by atoms with van der Waals surface area (Å²) >= 11 is 1.69. The van der Waals surface area contributed by atoms with Crippen LogP contribution >= 0.6 is 11.3 Å². The van der Waals surface area contributed by atoms with Gasteiger partial charge in [0, 0.05) is 10.3 Å². The fourth-order valence-electron chi connectivity index (χ4n) is 1.46. The summed E-state index contributed by atoms with van der Waals surface area (Å²) in [5, 5.41) is 3.28. The molecule has 0 amide bonds. The number of fused-ring (bicyclic) bond motifs is 1. The zero-order chi connectivity index (χ0) is 12.1. The minimum atomic E-state index is -0.266. The maximum absolute atomic E-state index is 11.1. The molecule has 3 heteroatoms. The molecule has 17 heavy (non-hydrogen) atoms. The van der Waals surface area contributed by atoms with E-state index in [1.54, 1.807) is 18.3 Å². The normalized spacial score (nSPS) is 9.71. The van der Waals surface area contributed by atoms with Crippen molar-refractivity contribution in [2.45, 2.75) is 13.3 Å². The zero-order valence-electron chi connectivity index (χ0n) is 9.53. The summed E-state index contributed by atoms with van der Waals surface area (Å²) in [6.45, 7) is 2.19. The second-order valence-electron chi connectivity index (χ2n) is 3.46. The van der Waals surface area contributed by atoms with Crippen molar-refractivity contribution in [3.05, 3.63) is 35.2 Å². The zero-order valence-corrected chi connectivity index (χ0v) is 10.3. The minimum Gasteiger partial charge on any atom is -0.465 e. The lowest BCUT2D eigenvalue weighted by atomic mass is 10.2. The molecule has 0 saturated carbocycles. The van der Waals surface area contributed by atoms with Crippen molar-refractivity contribution in [1.82, 2.24) is 0 Å². The smallest absolute Gasteiger partial charge is 0.317 e. The van der Waals surface area contributed by atoms with Gasteiger partial charge in [-0.1, -0.05) is 17.9 Å². The molecule has 0 bridgehead atoms. The van der Waals surface area contributed by atoms with Crippen molar-refractivity contribution in [1.29, 1.82) is 0 Å². The number of hydrogen-bond acceptors (Lipinski definition) is 3. The predicted molar refractivity (Wildman–Crippen MR) is 70.0 cm³/mol. The quantitative estimate of drug-likeness (QED) is 0.599. The Morgan fingerprint density at radius 2 is 2.29 bits per heavy atom. The number of thiophene rings is 1. The summed E-state index contributed by atoms with van der Waals surface area (Å²) in [6.07, 6.45) is 0.149. The number of rotatable bonds is 2. The molecule has 0 aliphatic carbocycles. The number of ether oxygens (including phenoxy) is 1. The van der Waals surface area contributed by atoms with Crippen LogP contribution in [0, 0.1) is 11.8 Å². The molecule has 1 heterocycles. The van der Waals surface area contributed by atoms with Gasteiger partial charge in [-0.3, -0.25) is 4.79 Å². The van der Waals surface area contributed by atoms with E-state index in [0.29, 0.717) is 6.61 Å². The van der Waals surface area contributed by atoms with Gasteiger partial charge in [0.25, 0.3) is 0 Å². The lowest BCUT2D eigenvalue weighted by Crippen LogP contribution is -2.01. The predicted octanol–water partition coefficient (Wildman–Crippen LogP) is 3.21. The van der Waals surface area contributed by atoms with Crippen molar-refractivity contribution in [3.8, 4) is 11.8 Å². The monoisotopic (exact) mass is 244 g/mol. The van der Waals surface area contributed by atoms with Gasteiger partial charge in [0.2, 0.25) is 0 Å². The lowest BCUT2D eigenvalue weighted by Gasteiger charge is -1.95. The van der Waals surface area contributed by atoms with E-state index in [-0.39, 0.29) is 12.4 Å². The molecule has 2 nitrogen and oxygen atoms in total. The van der Waals surface area contributed by atoms with Crippen LogP contribution in [-0.2, 0) is 9.53 Å². The maximum atomic E-state index is 11.1. The molecule has 86 valence electrons. The van der Waals surface area contributed by atoms with Crippen molar-refractivity contribution < 1.29 is 9.53 Å². The average molecular weight is 244 g/mol. The van der Waals surface area contributed by atoms with Crippen LogP contribution in [0.5, 0.6) is 0 Å². The molecule has 0 radical (unpaired) electrons. The molecule has 0 unspecified atom stereocenters. The number of esters is 1. The van der Waals surface area contributed by atoms with E-state index in [0.717, 1.165) is 5.56 Å². The third-order valence-corrected chi connectivity index (χ3v) is 3.11. The molecule has 1 aromatic carbocycles. The van der Waals surface area contributed by atoms with Gasteiger partial charge in [-0.2, -0.15) is 0 Å². The van der Waals surface area contributed by atoms with Gasteiger partial charge in [-0.05, 0) is 35.9 Å². The molecule has 0 aliphatic rings. The van der Waals surface area contributed by atoms with Crippen LogP contribution in [0.15, 0.2) is 29.6 Å². The van der Waals surface area contributed by atoms with E-state index >= 15 is 0 Å². The van der Waals surface area contributed by atoms with E-state index < -0.39 is 0 Å². The third-order valence-electron chi connectivity index (χ3n) is 2.23. The second-order valence-corrected chi connectivity index (χ2v) is 4.40. The molecule has 0 spiro atoms. The molecular weight excluding hydrogens is 232 g/mol. The fourth-order valence-corrected chi connectivity index (χ4v) is 2.29. The Balaban J connectivity index is 2.07. The molecule has 0 saturated heterocycles. The Morgan fingerprint density at radius 1 is 1.41 bits per heavy atom. The molecule has 0 fully saturated rings. The topological polar surface area (TPSA) is 26.3 Å². The fraction of sp³-hybridized carbons (Fsp3) is 0.214. The first kappa shape index (κ1) is 11.7. The molecule has 0 N–H and O–H groups in total. The first-order valence-electron chi connectivity index (χ1n) is 5.41. The van der Waals surface area contributed by atoms with E-state index in [1.165, 1.54) is 10.1 Å². The summed E-state index contributed by atoms with van der Waals surface area (Å²) in [4.78, 5) is 11.1.